The van der Waals surface area contributed by atoms with Crippen molar-refractivity contribution >= 4 is 40.4 Å². The smallest absolute Gasteiger partial charge is 0.334 e. The molecule has 1 heterocycles. The zero-order valence-electron chi connectivity index (χ0n) is 42.8. The molecule has 5 aliphatic rings. The maximum atomic E-state index is 12.0. The zero-order valence-corrected chi connectivity index (χ0v) is 43.6. The van der Waals surface area contributed by atoms with E-state index < -0.39 is 5.97 Å². The van der Waals surface area contributed by atoms with Crippen LogP contribution in [0.25, 0.3) is 43.6 Å². The first-order chi connectivity index (χ1) is 34.5. The summed E-state index contributed by atoms with van der Waals surface area (Å²) in [6.45, 7) is 21.4. The highest BCUT2D eigenvalue weighted by Crippen LogP contribution is 2.62. The van der Waals surface area contributed by atoms with E-state index in [1.165, 1.54) is 118 Å². The molecule has 5 aliphatic carbocycles. The molecule has 2 unspecified atom stereocenters. The largest absolute Gasteiger partial charge is 0.486 e. The molecule has 0 saturated heterocycles. The molecule has 0 spiro atoms. The van der Waals surface area contributed by atoms with Crippen molar-refractivity contribution in [3.63, 3.8) is 0 Å². The lowest BCUT2D eigenvalue weighted by atomic mass is 9.47. The number of aliphatic carboxylic acids is 1. The molecule has 1 saturated carbocycles. The fourth-order valence-electron chi connectivity index (χ4n) is 13.4. The number of carbonyl (C=O) groups is 1. The lowest BCUT2D eigenvalue weighted by Gasteiger charge is -2.57. The molecule has 11 rings (SSSR count). The van der Waals surface area contributed by atoms with Crippen molar-refractivity contribution in [2.24, 2.45) is 17.3 Å². The Bertz CT molecular complexity index is 2980. The van der Waals surface area contributed by atoms with Gasteiger partial charge >= 0.3 is 5.97 Å². The number of carboxylic acids is 1. The first-order valence-electron chi connectivity index (χ1n) is 26.8. The van der Waals surface area contributed by atoms with Crippen molar-refractivity contribution < 1.29 is 9.90 Å². The molecule has 5 heteroatoms. The highest BCUT2D eigenvalue weighted by molar-refractivity contribution is 7.16. The summed E-state index contributed by atoms with van der Waals surface area (Å²) in [6.07, 6.45) is 21.3. The highest BCUT2D eigenvalue weighted by Gasteiger charge is 2.54. The van der Waals surface area contributed by atoms with E-state index in [1.54, 1.807) is 11.3 Å². The van der Waals surface area contributed by atoms with Gasteiger partial charge < -0.3 is 10.0 Å². The highest BCUT2D eigenvalue weighted by atomic mass is 32.1. The Kier molecular flexibility index (Phi) is 13.5. The van der Waals surface area contributed by atoms with Crippen LogP contribution in [0.4, 0.5) is 17.1 Å². The van der Waals surface area contributed by atoms with Gasteiger partial charge in [-0.25, -0.2) is 4.85 Å². The van der Waals surface area contributed by atoms with E-state index >= 15 is 0 Å². The Balaban J connectivity index is 1.06. The number of benzene rings is 5. The number of hydrogen-bond acceptors (Lipinski definition) is 3. The van der Waals surface area contributed by atoms with Gasteiger partial charge in [-0.2, -0.15) is 0 Å². The molecule has 2 bridgehead atoms. The van der Waals surface area contributed by atoms with E-state index in [9.17, 15) is 9.90 Å². The third-order valence-corrected chi connectivity index (χ3v) is 18.4. The van der Waals surface area contributed by atoms with Gasteiger partial charge in [0.1, 0.15) is 0 Å². The first kappa shape index (κ1) is 48.4. The molecular formula is C66H70N2O2S. The molecule has 0 radical (unpaired) electrons. The van der Waals surface area contributed by atoms with Crippen molar-refractivity contribution in [3.8, 4) is 32.7 Å². The van der Waals surface area contributed by atoms with Gasteiger partial charge in [-0.3, -0.25) is 4.79 Å². The number of anilines is 3. The van der Waals surface area contributed by atoms with E-state index in [1.807, 2.05) is 6.08 Å². The average molecular weight is 955 g/mol. The maximum Gasteiger partial charge on any atom is 0.334 e. The van der Waals surface area contributed by atoms with E-state index in [4.69, 9.17) is 6.57 Å². The number of thiophene rings is 1. The van der Waals surface area contributed by atoms with Crippen molar-refractivity contribution in [1.29, 1.82) is 0 Å². The molecule has 6 aromatic rings. The van der Waals surface area contributed by atoms with Gasteiger partial charge in [0.25, 0.3) is 5.70 Å². The topological polar surface area (TPSA) is 44.9 Å². The lowest BCUT2D eigenvalue weighted by Crippen LogP contribution is -2.49. The predicted octanol–water partition coefficient (Wildman–Crippen LogP) is 19.1. The molecule has 5 aromatic carbocycles. The van der Waals surface area contributed by atoms with Crippen LogP contribution < -0.4 is 4.90 Å². The van der Waals surface area contributed by atoms with E-state index in [2.05, 4.69) is 185 Å². The quantitative estimate of drug-likeness (QED) is 0.0650. The van der Waals surface area contributed by atoms with Crippen molar-refractivity contribution in [3.05, 3.63) is 189 Å². The summed E-state index contributed by atoms with van der Waals surface area (Å²) in [5.41, 5.74) is 17.8. The molecule has 1 N–H and O–H groups in total. The van der Waals surface area contributed by atoms with Crippen molar-refractivity contribution in [2.75, 3.05) is 4.90 Å². The molecule has 2 atom stereocenters. The lowest BCUT2D eigenvalue weighted by molar-refractivity contribution is -0.132. The monoisotopic (exact) mass is 955 g/mol. The number of hydrogen-bond donors (Lipinski definition) is 1. The summed E-state index contributed by atoms with van der Waals surface area (Å²) < 4.78 is 0. The second-order valence-electron chi connectivity index (χ2n) is 21.6. The van der Waals surface area contributed by atoms with Crippen LogP contribution in [0.3, 0.4) is 0 Å². The fourth-order valence-corrected chi connectivity index (χ4v) is 14.4. The van der Waals surface area contributed by atoms with Gasteiger partial charge in [0.05, 0.1) is 6.57 Å². The minimum Gasteiger partial charge on any atom is -0.486 e. The summed E-state index contributed by atoms with van der Waals surface area (Å²) >= 11 is 1.77. The van der Waals surface area contributed by atoms with Crippen LogP contribution in [0.1, 0.15) is 152 Å². The SMILES string of the molecule is [C-]#[N+]C(C(=O)O)=C1C=C(C=Cc2ccc(-c3ccc(N(c4ccc5c(c4)C(CCCC)(CCCC)c4ccccc4-5)c4ccc5c(c4)C(CCCC)(CCCC)c4ccccc4-5)cc3)s2)C2CC1C2(C)C. The summed E-state index contributed by atoms with van der Waals surface area (Å²) in [5, 5.41) is 9.85. The van der Waals surface area contributed by atoms with Crippen LogP contribution in [0, 0.1) is 23.8 Å². The standard InChI is InChI=1S/C66H70N2O2S/c1-8-12-36-65(37-13-9-2)55-22-18-16-20-50(55)52-33-29-47(41-59(52)65)68(48-30-34-53-51-21-17-19-23-56(51)66(38-14-10-3,39-15-11-4)60(53)42-48)46-27-24-44(25-28-46)61-35-32-49(71-61)31-26-45-40-54(62(67-7)63(69)70)58-43-57(45)64(58,5)6/h16-35,40-42,57-58H,8-15,36-39,43H2,1-6H3,(H,69,70). The minimum atomic E-state index is -1.14. The fraction of sp³-hybridized carbons (Fsp3) is 0.364. The van der Waals surface area contributed by atoms with E-state index in [-0.39, 0.29) is 27.9 Å². The summed E-state index contributed by atoms with van der Waals surface area (Å²) in [6, 6.07) is 46.9. The van der Waals surface area contributed by atoms with Gasteiger partial charge in [-0.15, -0.1) is 11.3 Å². The van der Waals surface area contributed by atoms with E-state index in [0.29, 0.717) is 11.5 Å². The van der Waals surface area contributed by atoms with Crippen LogP contribution in [-0.4, -0.2) is 11.1 Å². The van der Waals surface area contributed by atoms with Crippen LogP contribution in [-0.2, 0) is 15.6 Å². The Morgan fingerprint density at radius 3 is 1.61 bits per heavy atom. The zero-order chi connectivity index (χ0) is 49.5. The summed E-state index contributed by atoms with van der Waals surface area (Å²) in [5.74, 6) is -0.687. The molecule has 1 fully saturated rings. The van der Waals surface area contributed by atoms with Gasteiger partial charge in [-0.05, 0) is 165 Å². The van der Waals surface area contributed by atoms with Crippen LogP contribution in [0.15, 0.2) is 150 Å². The molecule has 4 nitrogen and oxygen atoms in total. The third kappa shape index (κ3) is 8.25. The number of carboxylic acid groups (broad SMARTS) is 1. The van der Waals surface area contributed by atoms with Crippen LogP contribution in [0.5, 0.6) is 0 Å². The van der Waals surface area contributed by atoms with Crippen LogP contribution in [0.2, 0.25) is 0 Å². The number of rotatable bonds is 19. The Labute approximate surface area is 427 Å². The second-order valence-corrected chi connectivity index (χ2v) is 22.7. The molecule has 0 amide bonds. The Morgan fingerprint density at radius 1 is 0.634 bits per heavy atom. The Morgan fingerprint density at radius 2 is 1.13 bits per heavy atom. The van der Waals surface area contributed by atoms with Gasteiger partial charge in [-0.1, -0.05) is 178 Å². The third-order valence-electron chi connectivity index (χ3n) is 17.3. The van der Waals surface area contributed by atoms with Crippen molar-refractivity contribution in [2.45, 2.75) is 136 Å². The number of unbranched alkanes of at least 4 members (excludes halogenated alkanes) is 4. The normalized spacial score (nSPS) is 19.0. The van der Waals surface area contributed by atoms with Gasteiger partial charge in [0, 0.05) is 37.6 Å². The molecular weight excluding hydrogens is 885 g/mol. The molecule has 1 aromatic heterocycles. The van der Waals surface area contributed by atoms with Gasteiger partial charge in [0.15, 0.2) is 0 Å². The predicted molar refractivity (Wildman–Crippen MR) is 299 cm³/mol. The number of nitrogens with zero attached hydrogens (tertiary/aromatic N) is 2. The van der Waals surface area contributed by atoms with Crippen LogP contribution >= 0.6 is 11.3 Å². The van der Waals surface area contributed by atoms with Crippen molar-refractivity contribution in [1.82, 2.24) is 0 Å². The maximum absolute atomic E-state index is 12.0. The molecule has 362 valence electrons. The molecule has 71 heavy (non-hydrogen) atoms. The summed E-state index contributed by atoms with van der Waals surface area (Å²) in [7, 11) is 0. The van der Waals surface area contributed by atoms with E-state index in [0.717, 1.165) is 48.2 Å². The second kappa shape index (κ2) is 19.8. The number of fused-ring (bicyclic) bond motifs is 7. The molecule has 0 aliphatic heterocycles. The number of allylic oxidation sites excluding steroid dienone is 4. The first-order valence-corrected chi connectivity index (χ1v) is 27.6. The average Bonchev–Trinajstić information content (AvgIpc) is 4.06. The minimum absolute atomic E-state index is 0.0218. The Hall–Kier alpha value is -6.22. The summed E-state index contributed by atoms with van der Waals surface area (Å²) in [4.78, 5) is 20.4. The van der Waals surface area contributed by atoms with Gasteiger partial charge in [0.2, 0.25) is 0 Å².